The number of rotatable bonds is 5. The topological polar surface area (TPSA) is 61.5 Å². The van der Waals surface area contributed by atoms with Crippen LogP contribution < -0.4 is 10.5 Å². The molecule has 2 N–H and O–H groups in total. The van der Waals surface area contributed by atoms with E-state index in [9.17, 15) is 4.79 Å². The molecule has 0 aliphatic heterocycles. The minimum Gasteiger partial charge on any atom is -0.497 e. The van der Waals surface area contributed by atoms with Crippen molar-refractivity contribution in [1.29, 1.82) is 0 Å². The summed E-state index contributed by atoms with van der Waals surface area (Å²) in [6.45, 7) is 5.58. The third kappa shape index (κ3) is 6.38. The monoisotopic (exact) mass is 283 g/mol. The first-order valence-electron chi connectivity index (χ1n) is 6.03. The molecular formula is C14H21NO3S. The van der Waals surface area contributed by atoms with E-state index in [1.54, 1.807) is 13.2 Å². The Balaban J connectivity index is 2.45. The number of esters is 1. The number of anilines is 1. The molecule has 19 heavy (non-hydrogen) atoms. The van der Waals surface area contributed by atoms with E-state index in [4.69, 9.17) is 15.2 Å². The van der Waals surface area contributed by atoms with E-state index in [1.165, 1.54) is 11.8 Å². The fraction of sp³-hybridized carbons (Fsp3) is 0.500. The first-order valence-corrected chi connectivity index (χ1v) is 7.18. The zero-order chi connectivity index (χ0) is 14.5. The van der Waals surface area contributed by atoms with Gasteiger partial charge in [-0.15, -0.1) is 11.8 Å². The highest BCUT2D eigenvalue weighted by Gasteiger charge is 2.15. The number of hydrogen-bond acceptors (Lipinski definition) is 5. The summed E-state index contributed by atoms with van der Waals surface area (Å²) in [6, 6.07) is 5.56. The molecule has 1 aromatic rings. The zero-order valence-electron chi connectivity index (χ0n) is 11.9. The molecule has 0 aromatic heterocycles. The van der Waals surface area contributed by atoms with Crippen LogP contribution in [0.1, 0.15) is 26.3 Å². The number of hydrogen-bond donors (Lipinski definition) is 1. The Bertz CT molecular complexity index is 441. The van der Waals surface area contributed by atoms with Gasteiger partial charge in [0.25, 0.3) is 0 Å². The summed E-state index contributed by atoms with van der Waals surface area (Å²) in [6.07, 6.45) is 0. The predicted octanol–water partition coefficient (Wildman–Crippen LogP) is 2.85. The van der Waals surface area contributed by atoms with Crippen LogP contribution in [0.3, 0.4) is 0 Å². The summed E-state index contributed by atoms with van der Waals surface area (Å²) in [5.41, 5.74) is 7.03. The van der Waals surface area contributed by atoms with Gasteiger partial charge in [0.05, 0.1) is 12.9 Å². The molecule has 0 aliphatic rings. The van der Waals surface area contributed by atoms with Gasteiger partial charge in [0.15, 0.2) is 0 Å². The number of thioether (sulfide) groups is 1. The van der Waals surface area contributed by atoms with Crippen LogP contribution in [0.15, 0.2) is 18.2 Å². The van der Waals surface area contributed by atoms with Crippen molar-refractivity contribution < 1.29 is 14.3 Å². The Hall–Kier alpha value is -1.36. The minimum absolute atomic E-state index is 0.201. The van der Waals surface area contributed by atoms with Gasteiger partial charge in [0.2, 0.25) is 0 Å². The lowest BCUT2D eigenvalue weighted by Crippen LogP contribution is -2.24. The molecule has 1 aromatic carbocycles. The third-order valence-electron chi connectivity index (χ3n) is 2.13. The summed E-state index contributed by atoms with van der Waals surface area (Å²) in [7, 11) is 1.60. The molecule has 0 atom stereocenters. The highest BCUT2D eigenvalue weighted by Crippen LogP contribution is 2.22. The highest BCUT2D eigenvalue weighted by molar-refractivity contribution is 7.99. The molecule has 0 radical (unpaired) electrons. The maximum atomic E-state index is 11.5. The average Bonchev–Trinajstić information content (AvgIpc) is 2.25. The molecule has 4 nitrogen and oxygen atoms in total. The van der Waals surface area contributed by atoms with Crippen molar-refractivity contribution in [3.8, 4) is 5.75 Å². The Morgan fingerprint density at radius 3 is 2.58 bits per heavy atom. The van der Waals surface area contributed by atoms with Gasteiger partial charge in [-0.3, -0.25) is 4.79 Å². The second-order valence-corrected chi connectivity index (χ2v) is 6.18. The summed E-state index contributed by atoms with van der Waals surface area (Å²) in [4.78, 5) is 11.5. The first-order chi connectivity index (χ1) is 8.80. The second kappa shape index (κ2) is 6.70. The van der Waals surface area contributed by atoms with Crippen molar-refractivity contribution in [2.45, 2.75) is 32.1 Å². The second-order valence-electron chi connectivity index (χ2n) is 5.19. The van der Waals surface area contributed by atoms with E-state index >= 15 is 0 Å². The maximum absolute atomic E-state index is 11.5. The van der Waals surface area contributed by atoms with Gasteiger partial charge in [-0.25, -0.2) is 0 Å². The van der Waals surface area contributed by atoms with Gasteiger partial charge in [-0.2, -0.15) is 0 Å². The zero-order valence-corrected chi connectivity index (χ0v) is 12.7. The average molecular weight is 283 g/mol. The van der Waals surface area contributed by atoms with Crippen molar-refractivity contribution in [2.24, 2.45) is 0 Å². The molecule has 0 saturated carbocycles. The molecule has 0 saturated heterocycles. The van der Waals surface area contributed by atoms with E-state index in [0.717, 1.165) is 11.3 Å². The first kappa shape index (κ1) is 15.7. The van der Waals surface area contributed by atoms with Crippen molar-refractivity contribution in [1.82, 2.24) is 0 Å². The molecule has 0 aliphatic carbocycles. The molecule has 0 bridgehead atoms. The lowest BCUT2D eigenvalue weighted by Gasteiger charge is -2.19. The van der Waals surface area contributed by atoms with Gasteiger partial charge < -0.3 is 15.2 Å². The Morgan fingerprint density at radius 1 is 1.32 bits per heavy atom. The van der Waals surface area contributed by atoms with Crippen molar-refractivity contribution in [3.63, 3.8) is 0 Å². The third-order valence-corrected chi connectivity index (χ3v) is 3.11. The summed E-state index contributed by atoms with van der Waals surface area (Å²) in [5.74, 6) is 1.55. The molecule has 0 spiro atoms. The quantitative estimate of drug-likeness (QED) is 0.665. The van der Waals surface area contributed by atoms with E-state index in [1.807, 2.05) is 32.9 Å². The summed E-state index contributed by atoms with van der Waals surface area (Å²) in [5, 5.41) is 0. The van der Waals surface area contributed by atoms with E-state index < -0.39 is 5.60 Å². The predicted molar refractivity (Wildman–Crippen MR) is 79.4 cm³/mol. The highest BCUT2D eigenvalue weighted by atomic mass is 32.2. The Kier molecular flexibility index (Phi) is 5.54. The molecule has 0 fully saturated rings. The van der Waals surface area contributed by atoms with Gasteiger partial charge in [0, 0.05) is 17.5 Å². The van der Waals surface area contributed by atoms with Crippen molar-refractivity contribution >= 4 is 23.4 Å². The summed E-state index contributed by atoms with van der Waals surface area (Å²) >= 11 is 1.50. The molecular weight excluding hydrogens is 262 g/mol. The van der Waals surface area contributed by atoms with E-state index in [2.05, 4.69) is 0 Å². The standard InChI is InChI=1S/C14H21NO3S/c1-14(2,3)18-13(16)9-19-8-10-5-11(15)7-12(6-10)17-4/h5-7H,8-9,15H2,1-4H3. The molecule has 0 amide bonds. The van der Waals surface area contributed by atoms with Gasteiger partial charge in [0.1, 0.15) is 11.4 Å². The number of nitrogen functional groups attached to an aromatic ring is 1. The normalized spacial score (nSPS) is 11.2. The SMILES string of the molecule is COc1cc(N)cc(CSCC(=O)OC(C)(C)C)c1. The van der Waals surface area contributed by atoms with Gasteiger partial charge in [-0.05, 0) is 38.5 Å². The Morgan fingerprint density at radius 2 is 2.00 bits per heavy atom. The molecule has 1 rings (SSSR count). The molecule has 106 valence electrons. The van der Waals surface area contributed by atoms with Crippen LogP contribution in [-0.4, -0.2) is 24.4 Å². The van der Waals surface area contributed by atoms with E-state index in [-0.39, 0.29) is 5.97 Å². The number of carbonyl (C=O) groups is 1. The smallest absolute Gasteiger partial charge is 0.316 e. The van der Waals surface area contributed by atoms with Crippen LogP contribution >= 0.6 is 11.8 Å². The van der Waals surface area contributed by atoms with Crippen molar-refractivity contribution in [2.75, 3.05) is 18.6 Å². The Labute approximate surface area is 118 Å². The number of benzene rings is 1. The lowest BCUT2D eigenvalue weighted by molar-refractivity contribution is -0.151. The number of nitrogens with two attached hydrogens (primary N) is 1. The van der Waals surface area contributed by atoms with Crippen molar-refractivity contribution in [3.05, 3.63) is 23.8 Å². The van der Waals surface area contributed by atoms with Crippen LogP contribution in [0, 0.1) is 0 Å². The van der Waals surface area contributed by atoms with Crippen LogP contribution in [-0.2, 0) is 15.3 Å². The molecule has 0 heterocycles. The largest absolute Gasteiger partial charge is 0.497 e. The van der Waals surface area contributed by atoms with Gasteiger partial charge in [-0.1, -0.05) is 0 Å². The minimum atomic E-state index is -0.433. The number of ether oxygens (including phenoxy) is 2. The van der Waals surface area contributed by atoms with Crippen LogP contribution in [0.25, 0.3) is 0 Å². The number of methoxy groups -OCH3 is 1. The fourth-order valence-corrected chi connectivity index (χ4v) is 2.24. The maximum Gasteiger partial charge on any atom is 0.316 e. The lowest BCUT2D eigenvalue weighted by atomic mass is 10.2. The van der Waals surface area contributed by atoms with E-state index in [0.29, 0.717) is 17.2 Å². The molecule has 5 heteroatoms. The van der Waals surface area contributed by atoms with Crippen LogP contribution in [0.5, 0.6) is 5.75 Å². The van der Waals surface area contributed by atoms with Gasteiger partial charge >= 0.3 is 5.97 Å². The summed E-state index contributed by atoms with van der Waals surface area (Å²) < 4.78 is 10.4. The fourth-order valence-electron chi connectivity index (χ4n) is 1.51. The van der Waals surface area contributed by atoms with Crippen LogP contribution in [0.2, 0.25) is 0 Å². The van der Waals surface area contributed by atoms with Crippen LogP contribution in [0.4, 0.5) is 5.69 Å². The molecule has 0 unspecified atom stereocenters. The number of carbonyl (C=O) groups excluding carboxylic acids is 1.